The summed E-state index contributed by atoms with van der Waals surface area (Å²) in [6.07, 6.45) is 1.26. The number of amides is 1. The SMILES string of the molecule is O=C(Nc1ccc(F)cc1Br)C1=COCCO1. The number of benzene rings is 1. The molecule has 1 aromatic carbocycles. The van der Waals surface area contributed by atoms with Crippen LogP contribution >= 0.6 is 15.9 Å². The van der Waals surface area contributed by atoms with Crippen molar-refractivity contribution in [1.29, 1.82) is 0 Å². The first kappa shape index (κ1) is 11.9. The van der Waals surface area contributed by atoms with Crippen LogP contribution in [0.5, 0.6) is 0 Å². The van der Waals surface area contributed by atoms with E-state index in [0.29, 0.717) is 23.4 Å². The summed E-state index contributed by atoms with van der Waals surface area (Å²) in [4.78, 5) is 11.7. The molecule has 0 saturated carbocycles. The monoisotopic (exact) mass is 301 g/mol. The first-order valence-corrected chi connectivity index (χ1v) is 5.67. The van der Waals surface area contributed by atoms with Gasteiger partial charge in [-0.25, -0.2) is 4.39 Å². The van der Waals surface area contributed by atoms with Crippen molar-refractivity contribution in [3.63, 3.8) is 0 Å². The zero-order valence-electron chi connectivity index (χ0n) is 8.70. The molecule has 1 aliphatic rings. The minimum Gasteiger partial charge on any atom is -0.494 e. The average Bonchev–Trinajstić information content (AvgIpc) is 2.34. The number of nitrogens with one attached hydrogen (secondary N) is 1. The summed E-state index contributed by atoms with van der Waals surface area (Å²) >= 11 is 3.15. The number of rotatable bonds is 2. The average molecular weight is 302 g/mol. The van der Waals surface area contributed by atoms with Crippen LogP contribution in [-0.4, -0.2) is 19.1 Å². The lowest BCUT2D eigenvalue weighted by Gasteiger charge is -2.15. The summed E-state index contributed by atoms with van der Waals surface area (Å²) in [5.41, 5.74) is 0.464. The van der Waals surface area contributed by atoms with Crippen molar-refractivity contribution in [2.75, 3.05) is 18.5 Å². The van der Waals surface area contributed by atoms with E-state index in [1.807, 2.05) is 0 Å². The Kier molecular flexibility index (Phi) is 3.63. The smallest absolute Gasteiger partial charge is 0.294 e. The van der Waals surface area contributed by atoms with E-state index in [9.17, 15) is 9.18 Å². The van der Waals surface area contributed by atoms with Gasteiger partial charge in [-0.1, -0.05) is 0 Å². The Morgan fingerprint density at radius 3 is 2.88 bits per heavy atom. The standard InChI is InChI=1S/C11H9BrFNO3/c12-8-5-7(13)1-2-9(8)14-11(15)10-6-16-3-4-17-10/h1-2,5-6H,3-4H2,(H,14,15). The van der Waals surface area contributed by atoms with E-state index in [2.05, 4.69) is 21.2 Å². The van der Waals surface area contributed by atoms with Gasteiger partial charge < -0.3 is 14.8 Å². The molecule has 1 heterocycles. The Morgan fingerprint density at radius 1 is 1.41 bits per heavy atom. The number of hydrogen-bond acceptors (Lipinski definition) is 3. The van der Waals surface area contributed by atoms with Crippen LogP contribution in [0.2, 0.25) is 0 Å². The maximum Gasteiger partial charge on any atom is 0.294 e. The first-order valence-electron chi connectivity index (χ1n) is 4.88. The van der Waals surface area contributed by atoms with Gasteiger partial charge in [0.25, 0.3) is 5.91 Å². The van der Waals surface area contributed by atoms with Gasteiger partial charge in [-0.15, -0.1) is 0 Å². The molecule has 0 aliphatic carbocycles. The topological polar surface area (TPSA) is 47.6 Å². The Bertz CT molecular complexity index is 476. The van der Waals surface area contributed by atoms with Crippen molar-refractivity contribution in [2.24, 2.45) is 0 Å². The Labute approximate surface area is 106 Å². The minimum absolute atomic E-state index is 0.104. The normalized spacial score (nSPS) is 14.4. The highest BCUT2D eigenvalue weighted by molar-refractivity contribution is 9.10. The van der Waals surface area contributed by atoms with Gasteiger partial charge >= 0.3 is 0 Å². The molecule has 0 unspecified atom stereocenters. The minimum atomic E-state index is -0.433. The van der Waals surface area contributed by atoms with Gasteiger partial charge in [0, 0.05) is 4.47 Å². The second-order valence-corrected chi connectivity index (χ2v) is 4.13. The van der Waals surface area contributed by atoms with Crippen molar-refractivity contribution < 1.29 is 18.7 Å². The second-order valence-electron chi connectivity index (χ2n) is 3.28. The van der Waals surface area contributed by atoms with Gasteiger partial charge in [0.2, 0.25) is 5.76 Å². The van der Waals surface area contributed by atoms with Crippen molar-refractivity contribution in [1.82, 2.24) is 0 Å². The molecule has 0 aromatic heterocycles. The van der Waals surface area contributed by atoms with Crippen LogP contribution in [0.15, 0.2) is 34.7 Å². The first-order chi connectivity index (χ1) is 8.16. The van der Waals surface area contributed by atoms with Crippen LogP contribution in [0.1, 0.15) is 0 Å². The van der Waals surface area contributed by atoms with Gasteiger partial charge in [0.05, 0.1) is 5.69 Å². The van der Waals surface area contributed by atoms with E-state index in [0.717, 1.165) is 0 Å². The van der Waals surface area contributed by atoms with E-state index >= 15 is 0 Å². The van der Waals surface area contributed by atoms with Gasteiger partial charge in [0.1, 0.15) is 25.3 Å². The fourth-order valence-electron chi connectivity index (χ4n) is 1.26. The second kappa shape index (κ2) is 5.18. The number of anilines is 1. The highest BCUT2D eigenvalue weighted by Crippen LogP contribution is 2.23. The number of carbonyl (C=O) groups excluding carboxylic acids is 1. The molecular formula is C11H9BrFNO3. The van der Waals surface area contributed by atoms with Gasteiger partial charge in [-0.2, -0.15) is 0 Å². The molecule has 0 saturated heterocycles. The molecule has 1 amide bonds. The van der Waals surface area contributed by atoms with E-state index in [1.54, 1.807) is 0 Å². The third kappa shape index (κ3) is 2.97. The maximum atomic E-state index is 12.8. The summed E-state index contributed by atoms with van der Waals surface area (Å²) in [5.74, 6) is -0.712. The molecule has 0 spiro atoms. The maximum absolute atomic E-state index is 12.8. The molecule has 1 N–H and O–H groups in total. The highest BCUT2D eigenvalue weighted by atomic mass is 79.9. The fourth-order valence-corrected chi connectivity index (χ4v) is 1.71. The van der Waals surface area contributed by atoms with Crippen molar-refractivity contribution in [3.8, 4) is 0 Å². The summed E-state index contributed by atoms with van der Waals surface area (Å²) < 4.78 is 23.4. The van der Waals surface area contributed by atoms with Crippen LogP contribution in [-0.2, 0) is 14.3 Å². The van der Waals surface area contributed by atoms with Gasteiger partial charge in [0.15, 0.2) is 0 Å². The number of halogens is 2. The van der Waals surface area contributed by atoms with Crippen LogP contribution in [0.25, 0.3) is 0 Å². The largest absolute Gasteiger partial charge is 0.494 e. The summed E-state index contributed by atoms with van der Waals surface area (Å²) in [6.45, 7) is 0.765. The molecule has 0 fully saturated rings. The number of ether oxygens (including phenoxy) is 2. The lowest BCUT2D eigenvalue weighted by molar-refractivity contribution is -0.117. The van der Waals surface area contributed by atoms with Crippen molar-refractivity contribution >= 4 is 27.5 Å². The predicted octanol–water partition coefficient (Wildman–Crippen LogP) is 2.41. The molecule has 2 rings (SSSR count). The van der Waals surface area contributed by atoms with Crippen LogP contribution in [0.4, 0.5) is 10.1 Å². The lowest BCUT2D eigenvalue weighted by Crippen LogP contribution is -2.21. The van der Waals surface area contributed by atoms with E-state index in [4.69, 9.17) is 9.47 Å². The van der Waals surface area contributed by atoms with Crippen LogP contribution < -0.4 is 5.32 Å². The van der Waals surface area contributed by atoms with E-state index in [-0.39, 0.29) is 11.6 Å². The molecule has 1 aliphatic heterocycles. The van der Waals surface area contributed by atoms with Crippen molar-refractivity contribution in [3.05, 3.63) is 40.5 Å². The Morgan fingerprint density at radius 2 is 2.24 bits per heavy atom. The van der Waals surface area contributed by atoms with Crippen molar-refractivity contribution in [2.45, 2.75) is 0 Å². The molecule has 6 heteroatoms. The molecule has 17 heavy (non-hydrogen) atoms. The number of hydrogen-bond donors (Lipinski definition) is 1. The third-order valence-corrected chi connectivity index (χ3v) is 2.71. The summed E-state index contributed by atoms with van der Waals surface area (Å²) in [6, 6.07) is 3.98. The molecule has 1 aromatic rings. The summed E-state index contributed by atoms with van der Waals surface area (Å²) in [7, 11) is 0. The zero-order chi connectivity index (χ0) is 12.3. The number of carbonyl (C=O) groups is 1. The quantitative estimate of drug-likeness (QED) is 0.912. The predicted molar refractivity (Wildman–Crippen MR) is 62.7 cm³/mol. The third-order valence-electron chi connectivity index (χ3n) is 2.05. The lowest BCUT2D eigenvalue weighted by atomic mass is 10.3. The zero-order valence-corrected chi connectivity index (χ0v) is 10.3. The highest BCUT2D eigenvalue weighted by Gasteiger charge is 2.16. The Hall–Kier alpha value is -1.56. The van der Waals surface area contributed by atoms with Gasteiger partial charge in [-0.3, -0.25) is 4.79 Å². The van der Waals surface area contributed by atoms with E-state index in [1.165, 1.54) is 24.5 Å². The molecule has 0 bridgehead atoms. The molecule has 0 atom stereocenters. The molecule has 0 radical (unpaired) electrons. The Balaban J connectivity index is 2.10. The fraction of sp³-hybridized carbons (Fsp3) is 0.182. The molecule has 4 nitrogen and oxygen atoms in total. The summed E-state index contributed by atoms with van der Waals surface area (Å²) in [5, 5.41) is 2.58. The molecule has 90 valence electrons. The molecular weight excluding hydrogens is 293 g/mol. The van der Waals surface area contributed by atoms with Crippen LogP contribution in [0.3, 0.4) is 0 Å². The van der Waals surface area contributed by atoms with Crippen LogP contribution in [0, 0.1) is 5.82 Å². The van der Waals surface area contributed by atoms with E-state index < -0.39 is 5.91 Å². The van der Waals surface area contributed by atoms with Gasteiger partial charge in [-0.05, 0) is 34.1 Å².